The molecular weight excluding hydrogens is 299 g/mol. The number of allylic oxidation sites excluding steroid dienone is 4. The van der Waals surface area contributed by atoms with Crippen molar-refractivity contribution in [2.24, 2.45) is 0 Å². The van der Waals surface area contributed by atoms with Crippen LogP contribution in [-0.2, 0) is 0 Å². The van der Waals surface area contributed by atoms with Gasteiger partial charge in [0.2, 0.25) is 0 Å². The Morgan fingerprint density at radius 3 is 2.50 bits per heavy atom. The van der Waals surface area contributed by atoms with Crippen LogP contribution in [0, 0.1) is 0 Å². The Morgan fingerprint density at radius 1 is 1.00 bits per heavy atom. The summed E-state index contributed by atoms with van der Waals surface area (Å²) in [6.07, 6.45) is 8.38. The number of hydrogen-bond donors (Lipinski definition) is 2. The number of aromatic nitrogens is 2. The van der Waals surface area contributed by atoms with Crippen LogP contribution in [-0.4, -0.2) is 26.7 Å². The maximum Gasteiger partial charge on any atom is 0.488 e. The second kappa shape index (κ2) is 6.11. The summed E-state index contributed by atoms with van der Waals surface area (Å²) >= 11 is 0. The van der Waals surface area contributed by atoms with Gasteiger partial charge in [0, 0.05) is 11.3 Å². The number of benzene rings is 2. The highest BCUT2D eigenvalue weighted by atomic mass is 16.4. The van der Waals surface area contributed by atoms with Crippen molar-refractivity contribution in [2.45, 2.75) is 12.8 Å². The van der Waals surface area contributed by atoms with Crippen molar-refractivity contribution in [3.63, 3.8) is 0 Å². The van der Waals surface area contributed by atoms with E-state index in [4.69, 9.17) is 4.98 Å². The molecule has 118 valence electrons. The van der Waals surface area contributed by atoms with Gasteiger partial charge in [-0.15, -0.1) is 0 Å². The maximum atomic E-state index is 9.28. The Kier molecular flexibility index (Phi) is 3.80. The first kappa shape index (κ1) is 14.9. The number of nitrogens with zero attached hydrogens (tertiary/aromatic N) is 2. The zero-order chi connectivity index (χ0) is 16.5. The van der Waals surface area contributed by atoms with E-state index in [9.17, 15) is 10.0 Å². The van der Waals surface area contributed by atoms with Gasteiger partial charge in [-0.05, 0) is 36.5 Å². The molecule has 5 heteroatoms. The third-order valence-corrected chi connectivity index (χ3v) is 4.31. The summed E-state index contributed by atoms with van der Waals surface area (Å²) in [6.45, 7) is 0. The fourth-order valence-corrected chi connectivity index (χ4v) is 3.09. The van der Waals surface area contributed by atoms with Crippen LogP contribution in [0.4, 0.5) is 0 Å². The molecule has 0 spiro atoms. The number of fused-ring (bicyclic) bond motifs is 1. The molecule has 2 N–H and O–H groups in total. The SMILES string of the molecule is OB(O)c1ccc(-c2nc3ccccc3n2C2=CC=CCC2)cc1. The van der Waals surface area contributed by atoms with E-state index in [1.165, 1.54) is 5.70 Å². The van der Waals surface area contributed by atoms with E-state index in [2.05, 4.69) is 28.9 Å². The summed E-state index contributed by atoms with van der Waals surface area (Å²) in [4.78, 5) is 4.81. The highest BCUT2D eigenvalue weighted by Crippen LogP contribution is 2.30. The lowest BCUT2D eigenvalue weighted by Crippen LogP contribution is -2.29. The molecule has 4 rings (SSSR count). The van der Waals surface area contributed by atoms with Crippen LogP contribution >= 0.6 is 0 Å². The molecule has 1 aromatic heterocycles. The smallest absolute Gasteiger partial charge is 0.423 e. The van der Waals surface area contributed by atoms with Gasteiger partial charge in [0.15, 0.2) is 0 Å². The van der Waals surface area contributed by atoms with Crippen LogP contribution in [0.2, 0.25) is 0 Å². The third kappa shape index (κ3) is 2.58. The highest BCUT2D eigenvalue weighted by molar-refractivity contribution is 6.58. The van der Waals surface area contributed by atoms with Gasteiger partial charge in [0.25, 0.3) is 0 Å². The average Bonchev–Trinajstić information content (AvgIpc) is 3.02. The van der Waals surface area contributed by atoms with Crippen molar-refractivity contribution in [2.75, 3.05) is 0 Å². The molecule has 2 aromatic carbocycles. The molecule has 0 bridgehead atoms. The topological polar surface area (TPSA) is 58.3 Å². The molecule has 3 aromatic rings. The van der Waals surface area contributed by atoms with Crippen molar-refractivity contribution < 1.29 is 10.0 Å². The Bertz CT molecular complexity index is 940. The van der Waals surface area contributed by atoms with Gasteiger partial charge in [-0.25, -0.2) is 4.98 Å². The normalized spacial score (nSPS) is 14.0. The largest absolute Gasteiger partial charge is 0.488 e. The number of hydrogen-bond acceptors (Lipinski definition) is 3. The highest BCUT2D eigenvalue weighted by Gasteiger charge is 2.17. The first-order valence-electron chi connectivity index (χ1n) is 8.04. The van der Waals surface area contributed by atoms with Gasteiger partial charge in [-0.1, -0.05) is 48.6 Å². The van der Waals surface area contributed by atoms with E-state index in [1.54, 1.807) is 12.1 Å². The molecule has 0 aliphatic heterocycles. The standard InChI is InChI=1S/C19H17BN2O2/c23-20(24)15-12-10-14(11-13-15)19-21-17-8-4-5-9-18(17)22(19)16-6-2-1-3-7-16/h1-2,4-6,8-13,23-24H,3,7H2. The van der Waals surface area contributed by atoms with Crippen molar-refractivity contribution >= 4 is 29.3 Å². The lowest BCUT2D eigenvalue weighted by Gasteiger charge is -2.15. The quantitative estimate of drug-likeness (QED) is 0.730. The zero-order valence-corrected chi connectivity index (χ0v) is 13.1. The van der Waals surface area contributed by atoms with Crippen LogP contribution in [0.25, 0.3) is 28.1 Å². The third-order valence-electron chi connectivity index (χ3n) is 4.31. The minimum absolute atomic E-state index is 0.473. The van der Waals surface area contributed by atoms with Gasteiger partial charge < -0.3 is 10.0 Å². The maximum absolute atomic E-state index is 9.28. The summed E-state index contributed by atoms with van der Waals surface area (Å²) in [5.74, 6) is 0.872. The van der Waals surface area contributed by atoms with Crippen molar-refractivity contribution in [1.82, 2.24) is 9.55 Å². The molecule has 1 aliphatic carbocycles. The zero-order valence-electron chi connectivity index (χ0n) is 13.1. The molecule has 0 radical (unpaired) electrons. The molecule has 0 saturated heterocycles. The predicted octanol–water partition coefficient (Wildman–Crippen LogP) is 2.57. The van der Waals surface area contributed by atoms with Crippen LogP contribution in [0.15, 0.2) is 66.8 Å². The minimum Gasteiger partial charge on any atom is -0.423 e. The molecule has 24 heavy (non-hydrogen) atoms. The average molecular weight is 316 g/mol. The summed E-state index contributed by atoms with van der Waals surface area (Å²) < 4.78 is 2.20. The lowest BCUT2D eigenvalue weighted by molar-refractivity contribution is 0.426. The second-order valence-corrected chi connectivity index (χ2v) is 5.88. The Hall–Kier alpha value is -2.63. The molecule has 1 heterocycles. The van der Waals surface area contributed by atoms with E-state index in [0.717, 1.165) is 35.3 Å². The number of para-hydroxylation sites is 2. The Labute approximate surface area is 140 Å². The van der Waals surface area contributed by atoms with E-state index in [0.29, 0.717) is 5.46 Å². The molecule has 4 nitrogen and oxygen atoms in total. The summed E-state index contributed by atoms with van der Waals surface area (Å²) in [7, 11) is -1.45. The van der Waals surface area contributed by atoms with Gasteiger partial charge in [0.1, 0.15) is 5.82 Å². The first-order chi connectivity index (χ1) is 11.7. The molecule has 0 unspecified atom stereocenters. The monoisotopic (exact) mass is 316 g/mol. The molecular formula is C19H17BN2O2. The van der Waals surface area contributed by atoms with Crippen molar-refractivity contribution in [3.05, 3.63) is 66.8 Å². The van der Waals surface area contributed by atoms with Gasteiger partial charge in [0.05, 0.1) is 11.0 Å². The second-order valence-electron chi connectivity index (χ2n) is 5.88. The molecule has 0 atom stereocenters. The van der Waals surface area contributed by atoms with Crippen molar-refractivity contribution in [1.29, 1.82) is 0 Å². The summed E-state index contributed by atoms with van der Waals surface area (Å²) in [5.41, 5.74) is 4.68. The van der Waals surface area contributed by atoms with Gasteiger partial charge in [-0.3, -0.25) is 4.57 Å². The molecule has 1 aliphatic rings. The summed E-state index contributed by atoms with van der Waals surface area (Å²) in [6, 6.07) is 15.3. The Balaban J connectivity index is 1.91. The fourth-order valence-electron chi connectivity index (χ4n) is 3.09. The predicted molar refractivity (Wildman–Crippen MR) is 97.6 cm³/mol. The van der Waals surface area contributed by atoms with E-state index in [-0.39, 0.29) is 0 Å². The van der Waals surface area contributed by atoms with Gasteiger partial charge >= 0.3 is 7.12 Å². The lowest BCUT2D eigenvalue weighted by atomic mass is 9.80. The minimum atomic E-state index is -1.45. The van der Waals surface area contributed by atoms with Crippen LogP contribution in [0.1, 0.15) is 12.8 Å². The summed E-state index contributed by atoms with van der Waals surface area (Å²) in [5, 5.41) is 18.6. The van der Waals surface area contributed by atoms with Crippen molar-refractivity contribution in [3.8, 4) is 11.4 Å². The van der Waals surface area contributed by atoms with E-state index in [1.807, 2.05) is 30.3 Å². The molecule has 0 saturated carbocycles. The van der Waals surface area contributed by atoms with Gasteiger partial charge in [-0.2, -0.15) is 0 Å². The Morgan fingerprint density at radius 2 is 1.79 bits per heavy atom. The van der Waals surface area contributed by atoms with E-state index < -0.39 is 7.12 Å². The van der Waals surface area contributed by atoms with E-state index >= 15 is 0 Å². The molecule has 0 fully saturated rings. The first-order valence-corrected chi connectivity index (χ1v) is 8.04. The fraction of sp³-hybridized carbons (Fsp3) is 0.105. The number of rotatable bonds is 3. The number of imidazole rings is 1. The van der Waals surface area contributed by atoms with Crippen LogP contribution in [0.3, 0.4) is 0 Å². The molecule has 0 amide bonds. The van der Waals surface area contributed by atoms with Crippen LogP contribution in [0.5, 0.6) is 0 Å². The van der Waals surface area contributed by atoms with Crippen LogP contribution < -0.4 is 5.46 Å².